The number of fused-ring (bicyclic) bond motifs is 8. The molecule has 350 valence electrons. The van der Waals surface area contributed by atoms with E-state index in [4.69, 9.17) is 9.97 Å². The summed E-state index contributed by atoms with van der Waals surface area (Å²) in [6.45, 7) is 27.6. The third kappa shape index (κ3) is 7.65. The number of hydrogen-bond donors (Lipinski definition) is 0. The molecule has 0 atom stereocenters. The Balaban J connectivity index is 0.854. The van der Waals surface area contributed by atoms with E-state index in [0.717, 1.165) is 22.5 Å². The van der Waals surface area contributed by atoms with Gasteiger partial charge in [0.25, 0.3) is 0 Å². The third-order valence-electron chi connectivity index (χ3n) is 14.2. The minimum absolute atomic E-state index is 0.0655. The summed E-state index contributed by atoms with van der Waals surface area (Å²) < 4.78 is 10.1. The largest absolute Gasteiger partial charge is 0.301 e. The van der Waals surface area contributed by atoms with Gasteiger partial charge in [0.05, 0.1) is 33.5 Å². The maximum Gasteiger partial charge on any atom is 0.102 e. The van der Waals surface area contributed by atoms with E-state index in [0.29, 0.717) is 0 Å². The van der Waals surface area contributed by atoms with Crippen LogP contribution >= 0.6 is 45.3 Å². The van der Waals surface area contributed by atoms with Gasteiger partial charge in [-0.25, -0.2) is 0 Å². The van der Waals surface area contributed by atoms with Crippen LogP contribution in [0.4, 0.5) is 0 Å². The number of rotatable bonds is 5. The van der Waals surface area contributed by atoms with Crippen LogP contribution in [0.15, 0.2) is 134 Å². The molecule has 8 heteroatoms. The van der Waals surface area contributed by atoms with Gasteiger partial charge in [-0.05, 0) is 152 Å². The van der Waals surface area contributed by atoms with Gasteiger partial charge in [0.15, 0.2) is 0 Å². The molecule has 4 aromatic carbocycles. The second kappa shape index (κ2) is 15.8. The van der Waals surface area contributed by atoms with Crippen LogP contribution in [-0.4, -0.2) is 19.1 Å². The first-order valence-corrected chi connectivity index (χ1v) is 27.6. The molecule has 0 radical (unpaired) electrons. The Morgan fingerprint density at radius 2 is 0.629 bits per heavy atom. The molecule has 0 saturated carbocycles. The van der Waals surface area contributed by atoms with Gasteiger partial charge < -0.3 is 9.13 Å². The van der Waals surface area contributed by atoms with Gasteiger partial charge in [-0.3, -0.25) is 9.97 Å². The van der Waals surface area contributed by atoms with Gasteiger partial charge >= 0.3 is 0 Å². The molecule has 12 aromatic rings. The molecule has 0 N–H and O–H groups in total. The average Bonchev–Trinajstić information content (AvgIpc) is 4.16. The highest BCUT2D eigenvalue weighted by Gasteiger charge is 2.25. The van der Waals surface area contributed by atoms with Crippen molar-refractivity contribution in [2.75, 3.05) is 0 Å². The zero-order valence-corrected chi connectivity index (χ0v) is 45.4. The molecule has 0 aliphatic rings. The van der Waals surface area contributed by atoms with E-state index in [-0.39, 0.29) is 21.7 Å². The summed E-state index contributed by atoms with van der Waals surface area (Å²) in [4.78, 5) is 12.2. The lowest BCUT2D eigenvalue weighted by Gasteiger charge is -2.19. The second-order valence-electron chi connectivity index (χ2n) is 23.3. The highest BCUT2D eigenvalue weighted by Crippen LogP contribution is 2.46. The molecule has 0 fully saturated rings. The van der Waals surface area contributed by atoms with Gasteiger partial charge in [0, 0.05) is 62.5 Å². The standard InChI is InChI=1S/C62H58N4S4/c1-59(2,3)37-13-17-47-41(27-37)42-28-38(60(4,5)6)14-18-48(42)65(47)57-33-55-53(69-57)31-51(67-55)35-21-23-63-45(25-35)46-26-36(22-24-64-46)52-32-54-56(68-52)34-58(70-54)66-49-19-15-39(61(7,8)9)29-43(49)44-30-40(62(10,11)12)16-20-50(44)66/h13-34H,1-12H3. The summed E-state index contributed by atoms with van der Waals surface area (Å²) in [7, 11) is 0. The summed E-state index contributed by atoms with van der Waals surface area (Å²) in [6.07, 6.45) is 3.86. The lowest BCUT2D eigenvalue weighted by Crippen LogP contribution is -2.10. The van der Waals surface area contributed by atoms with Crippen molar-refractivity contribution in [1.82, 2.24) is 19.1 Å². The molecule has 0 spiro atoms. The van der Waals surface area contributed by atoms with Crippen molar-refractivity contribution in [3.05, 3.63) is 156 Å². The van der Waals surface area contributed by atoms with Gasteiger partial charge in [-0.1, -0.05) is 107 Å². The van der Waals surface area contributed by atoms with E-state index in [1.54, 1.807) is 0 Å². The first kappa shape index (κ1) is 45.3. The van der Waals surface area contributed by atoms with E-state index in [2.05, 4.69) is 214 Å². The molecule has 0 amide bonds. The van der Waals surface area contributed by atoms with Gasteiger partial charge in [0.1, 0.15) is 10.0 Å². The molecular formula is C62H58N4S4. The summed E-state index contributed by atoms with van der Waals surface area (Å²) in [5, 5.41) is 7.78. The van der Waals surface area contributed by atoms with Crippen molar-refractivity contribution in [2.24, 2.45) is 0 Å². The van der Waals surface area contributed by atoms with Gasteiger partial charge in [-0.15, -0.1) is 45.3 Å². The molecule has 0 bridgehead atoms. The Bertz CT molecular complexity index is 3590. The minimum Gasteiger partial charge on any atom is -0.301 e. The van der Waals surface area contributed by atoms with Crippen molar-refractivity contribution >= 4 is 108 Å². The van der Waals surface area contributed by atoms with Crippen molar-refractivity contribution in [1.29, 1.82) is 0 Å². The lowest BCUT2D eigenvalue weighted by molar-refractivity contribution is 0.590. The molecule has 4 nitrogen and oxygen atoms in total. The molecule has 70 heavy (non-hydrogen) atoms. The fourth-order valence-electron chi connectivity index (χ4n) is 9.99. The normalized spacial score (nSPS) is 13.1. The Kier molecular flexibility index (Phi) is 10.2. The van der Waals surface area contributed by atoms with Crippen LogP contribution in [0.25, 0.3) is 105 Å². The monoisotopic (exact) mass is 986 g/mol. The number of nitrogens with zero attached hydrogens (tertiary/aromatic N) is 4. The molecule has 12 rings (SSSR count). The number of thiophene rings is 4. The average molecular weight is 987 g/mol. The summed E-state index contributed by atoms with van der Waals surface area (Å²) in [6, 6.07) is 46.5. The maximum absolute atomic E-state index is 4.86. The van der Waals surface area contributed by atoms with Gasteiger partial charge in [0.2, 0.25) is 0 Å². The Morgan fingerprint density at radius 3 is 0.914 bits per heavy atom. The summed E-state index contributed by atoms with van der Waals surface area (Å²) in [5.74, 6) is 0. The third-order valence-corrected chi connectivity index (χ3v) is 18.8. The fourth-order valence-corrected chi connectivity index (χ4v) is 14.8. The molecule has 8 aromatic heterocycles. The first-order valence-electron chi connectivity index (χ1n) is 24.3. The molecule has 0 aliphatic carbocycles. The lowest BCUT2D eigenvalue weighted by atomic mass is 9.85. The van der Waals surface area contributed by atoms with Crippen LogP contribution in [0.5, 0.6) is 0 Å². The van der Waals surface area contributed by atoms with Crippen molar-refractivity contribution in [3.63, 3.8) is 0 Å². The Labute approximate surface area is 426 Å². The maximum atomic E-state index is 4.86. The molecule has 8 heterocycles. The number of benzene rings is 4. The predicted octanol–water partition coefficient (Wildman–Crippen LogP) is 19.4. The SMILES string of the molecule is CC(C)(C)c1ccc2c(c1)c1cc(C(C)(C)C)ccc1n2-c1cc2sc(-c3ccnc(-c4cc(-c5cc6sc(-n7c8ccc(C(C)(C)C)cc8c8cc(C(C)(C)C)ccc87)cc6s5)ccn4)c3)cc2s1. The van der Waals surface area contributed by atoms with Gasteiger partial charge in [-0.2, -0.15) is 0 Å². The smallest absolute Gasteiger partial charge is 0.102 e. The van der Waals surface area contributed by atoms with E-state index < -0.39 is 0 Å². The van der Waals surface area contributed by atoms with E-state index in [9.17, 15) is 0 Å². The van der Waals surface area contributed by atoms with Crippen LogP contribution in [0, 0.1) is 0 Å². The van der Waals surface area contributed by atoms with Crippen LogP contribution in [0.1, 0.15) is 105 Å². The van der Waals surface area contributed by atoms with Crippen LogP contribution in [0.3, 0.4) is 0 Å². The molecular weight excluding hydrogens is 929 g/mol. The quantitative estimate of drug-likeness (QED) is 0.172. The Morgan fingerprint density at radius 1 is 0.329 bits per heavy atom. The second-order valence-corrected chi connectivity index (χ2v) is 27.6. The molecule has 0 saturated heterocycles. The first-order chi connectivity index (χ1) is 33.2. The summed E-state index contributed by atoms with van der Waals surface area (Å²) in [5.41, 5.74) is 14.8. The number of hydrogen-bond acceptors (Lipinski definition) is 6. The van der Waals surface area contributed by atoms with Crippen LogP contribution < -0.4 is 0 Å². The zero-order chi connectivity index (χ0) is 48.8. The predicted molar refractivity (Wildman–Crippen MR) is 308 cm³/mol. The number of pyridine rings is 2. The van der Waals surface area contributed by atoms with Crippen molar-refractivity contribution < 1.29 is 0 Å². The summed E-state index contributed by atoms with van der Waals surface area (Å²) >= 11 is 7.45. The van der Waals surface area contributed by atoms with Crippen molar-refractivity contribution in [2.45, 2.75) is 105 Å². The minimum atomic E-state index is 0.0655. The highest BCUT2D eigenvalue weighted by atomic mass is 32.1. The molecule has 0 aliphatic heterocycles. The van der Waals surface area contributed by atoms with E-state index in [1.165, 1.54) is 104 Å². The van der Waals surface area contributed by atoms with Crippen molar-refractivity contribution in [3.8, 4) is 42.3 Å². The van der Waals surface area contributed by atoms with E-state index in [1.807, 2.05) is 57.7 Å². The topological polar surface area (TPSA) is 35.6 Å². The fraction of sp³-hybridized carbons (Fsp3) is 0.258. The van der Waals surface area contributed by atoms with E-state index >= 15 is 0 Å². The zero-order valence-electron chi connectivity index (χ0n) is 42.1. The van der Waals surface area contributed by atoms with Crippen LogP contribution in [0.2, 0.25) is 0 Å². The molecule has 0 unspecified atom stereocenters. The Hall–Kier alpha value is -5.90. The number of aromatic nitrogens is 4. The highest BCUT2D eigenvalue weighted by molar-refractivity contribution is 7.31. The van der Waals surface area contributed by atoms with Crippen LogP contribution in [-0.2, 0) is 21.7 Å².